The number of halogens is 1. The number of carbonyl (C=O) groups excluding carboxylic acids is 1. The molecular formula is C21H21FN4O2. The smallest absolute Gasteiger partial charge is 0.274 e. The van der Waals surface area contributed by atoms with Gasteiger partial charge in [-0.25, -0.2) is 14.4 Å². The van der Waals surface area contributed by atoms with Crippen molar-refractivity contribution >= 4 is 23.1 Å². The Balaban J connectivity index is 1.75. The molecule has 0 fully saturated rings. The number of para-hydroxylation sites is 1. The van der Waals surface area contributed by atoms with Crippen molar-refractivity contribution in [1.82, 2.24) is 9.97 Å². The van der Waals surface area contributed by atoms with E-state index in [1.165, 1.54) is 12.1 Å². The summed E-state index contributed by atoms with van der Waals surface area (Å²) >= 11 is 0. The average molecular weight is 380 g/mol. The predicted molar refractivity (Wildman–Crippen MR) is 107 cm³/mol. The lowest BCUT2D eigenvalue weighted by atomic mass is 10.2. The van der Waals surface area contributed by atoms with E-state index in [0.717, 1.165) is 5.75 Å². The third kappa shape index (κ3) is 5.03. The Morgan fingerprint density at radius 1 is 1.07 bits per heavy atom. The molecule has 1 heterocycles. The third-order valence-corrected chi connectivity index (χ3v) is 3.69. The molecule has 0 aliphatic heterocycles. The van der Waals surface area contributed by atoms with Gasteiger partial charge in [-0.15, -0.1) is 0 Å². The van der Waals surface area contributed by atoms with Crippen LogP contribution in [0.3, 0.4) is 0 Å². The molecular weight excluding hydrogens is 359 g/mol. The van der Waals surface area contributed by atoms with Gasteiger partial charge in [-0.3, -0.25) is 4.79 Å². The van der Waals surface area contributed by atoms with E-state index in [0.29, 0.717) is 17.3 Å². The van der Waals surface area contributed by atoms with E-state index in [2.05, 4.69) is 20.6 Å². The molecule has 0 radical (unpaired) electrons. The highest BCUT2D eigenvalue weighted by molar-refractivity contribution is 6.03. The summed E-state index contributed by atoms with van der Waals surface area (Å²) in [7, 11) is 0. The minimum Gasteiger partial charge on any atom is -0.491 e. The van der Waals surface area contributed by atoms with E-state index >= 15 is 0 Å². The number of hydrogen-bond donors (Lipinski definition) is 2. The molecule has 0 bridgehead atoms. The van der Waals surface area contributed by atoms with Crippen molar-refractivity contribution < 1.29 is 13.9 Å². The standard InChI is InChI=1S/C21H21FN4O2/c1-13(2)28-16-10-8-15(9-11-16)25-21(27)19-12-20(24-14(3)23-19)26-18-7-5-4-6-17(18)22/h4-13H,1-3H3,(H,25,27)(H,23,24,26). The van der Waals surface area contributed by atoms with Gasteiger partial charge in [-0.05, 0) is 57.2 Å². The lowest BCUT2D eigenvalue weighted by molar-refractivity contribution is 0.102. The number of benzene rings is 2. The summed E-state index contributed by atoms with van der Waals surface area (Å²) in [5.74, 6) is 0.658. The topological polar surface area (TPSA) is 76.1 Å². The maximum atomic E-state index is 13.8. The molecule has 0 aliphatic carbocycles. The zero-order chi connectivity index (χ0) is 20.1. The highest BCUT2D eigenvalue weighted by Crippen LogP contribution is 2.20. The van der Waals surface area contributed by atoms with Crippen molar-refractivity contribution in [1.29, 1.82) is 0 Å². The van der Waals surface area contributed by atoms with Gasteiger partial charge in [0.15, 0.2) is 0 Å². The minimum absolute atomic E-state index is 0.0739. The van der Waals surface area contributed by atoms with Crippen LogP contribution in [0.4, 0.5) is 21.6 Å². The molecule has 0 saturated heterocycles. The number of ether oxygens (including phenoxy) is 1. The monoisotopic (exact) mass is 380 g/mol. The van der Waals surface area contributed by atoms with Crippen LogP contribution in [0.1, 0.15) is 30.2 Å². The van der Waals surface area contributed by atoms with Crippen LogP contribution in [0.2, 0.25) is 0 Å². The zero-order valence-electron chi connectivity index (χ0n) is 15.9. The summed E-state index contributed by atoms with van der Waals surface area (Å²) in [5.41, 5.74) is 1.06. The fraction of sp³-hybridized carbons (Fsp3) is 0.190. The normalized spacial score (nSPS) is 10.6. The molecule has 0 saturated carbocycles. The molecule has 0 spiro atoms. The van der Waals surface area contributed by atoms with E-state index in [9.17, 15) is 9.18 Å². The molecule has 2 aromatic carbocycles. The fourth-order valence-electron chi connectivity index (χ4n) is 2.53. The molecule has 28 heavy (non-hydrogen) atoms. The zero-order valence-corrected chi connectivity index (χ0v) is 15.9. The maximum Gasteiger partial charge on any atom is 0.274 e. The molecule has 1 aromatic heterocycles. The first-order valence-electron chi connectivity index (χ1n) is 8.86. The predicted octanol–water partition coefficient (Wildman–Crippen LogP) is 4.71. The molecule has 3 rings (SSSR count). The number of aryl methyl sites for hydroxylation is 1. The van der Waals surface area contributed by atoms with Crippen molar-refractivity contribution in [2.75, 3.05) is 10.6 Å². The van der Waals surface area contributed by atoms with Gasteiger partial charge in [0.1, 0.15) is 28.9 Å². The summed E-state index contributed by atoms with van der Waals surface area (Å²) in [5, 5.41) is 5.66. The summed E-state index contributed by atoms with van der Waals surface area (Å²) in [6.45, 7) is 5.56. The summed E-state index contributed by atoms with van der Waals surface area (Å²) in [4.78, 5) is 20.9. The van der Waals surface area contributed by atoms with Gasteiger partial charge in [0, 0.05) is 11.8 Å². The first-order valence-corrected chi connectivity index (χ1v) is 8.86. The first-order chi connectivity index (χ1) is 13.4. The molecule has 0 atom stereocenters. The average Bonchev–Trinajstić information content (AvgIpc) is 2.64. The van der Waals surface area contributed by atoms with Crippen LogP contribution in [-0.2, 0) is 0 Å². The second-order valence-electron chi connectivity index (χ2n) is 6.44. The van der Waals surface area contributed by atoms with Crippen molar-refractivity contribution in [2.24, 2.45) is 0 Å². The van der Waals surface area contributed by atoms with E-state index in [1.54, 1.807) is 49.4 Å². The van der Waals surface area contributed by atoms with Crippen LogP contribution in [0.5, 0.6) is 5.75 Å². The van der Waals surface area contributed by atoms with Crippen LogP contribution in [0, 0.1) is 12.7 Å². The number of nitrogens with zero attached hydrogens (tertiary/aromatic N) is 2. The van der Waals surface area contributed by atoms with Crippen LogP contribution < -0.4 is 15.4 Å². The molecule has 0 unspecified atom stereocenters. The van der Waals surface area contributed by atoms with E-state index < -0.39 is 5.82 Å². The summed E-state index contributed by atoms with van der Waals surface area (Å²) in [6.07, 6.45) is 0.0739. The SMILES string of the molecule is Cc1nc(Nc2ccccc2F)cc(C(=O)Nc2ccc(OC(C)C)cc2)n1. The minimum atomic E-state index is -0.409. The van der Waals surface area contributed by atoms with Gasteiger partial charge in [0.25, 0.3) is 5.91 Å². The second-order valence-corrected chi connectivity index (χ2v) is 6.44. The van der Waals surface area contributed by atoms with Crippen LogP contribution in [0.25, 0.3) is 0 Å². The lowest BCUT2D eigenvalue weighted by Gasteiger charge is -2.11. The quantitative estimate of drug-likeness (QED) is 0.648. The van der Waals surface area contributed by atoms with Crippen LogP contribution >= 0.6 is 0 Å². The van der Waals surface area contributed by atoms with Gasteiger partial charge in [-0.2, -0.15) is 0 Å². The molecule has 1 amide bonds. The lowest BCUT2D eigenvalue weighted by Crippen LogP contribution is -2.15. The number of amides is 1. The van der Waals surface area contributed by atoms with Crippen LogP contribution in [-0.4, -0.2) is 22.0 Å². The van der Waals surface area contributed by atoms with Crippen LogP contribution in [0.15, 0.2) is 54.6 Å². The third-order valence-electron chi connectivity index (χ3n) is 3.69. The Morgan fingerprint density at radius 2 is 1.79 bits per heavy atom. The van der Waals surface area contributed by atoms with Crippen molar-refractivity contribution in [3.05, 3.63) is 71.9 Å². The number of nitrogens with one attached hydrogen (secondary N) is 2. The van der Waals surface area contributed by atoms with Gasteiger partial charge in [0.2, 0.25) is 0 Å². The second kappa shape index (κ2) is 8.47. The van der Waals surface area contributed by atoms with E-state index in [1.807, 2.05) is 13.8 Å². The maximum absolute atomic E-state index is 13.8. The van der Waals surface area contributed by atoms with Crippen molar-refractivity contribution in [2.45, 2.75) is 26.9 Å². The molecule has 144 valence electrons. The molecule has 2 N–H and O–H groups in total. The first kappa shape index (κ1) is 19.3. The van der Waals surface area contributed by atoms with Crippen molar-refractivity contribution in [3.8, 4) is 5.75 Å². The Hall–Kier alpha value is -3.48. The Bertz CT molecular complexity index is 974. The molecule has 0 aliphatic rings. The number of rotatable bonds is 6. The molecule has 7 heteroatoms. The number of carbonyl (C=O) groups is 1. The fourth-order valence-corrected chi connectivity index (χ4v) is 2.53. The number of anilines is 3. The summed E-state index contributed by atoms with van der Waals surface area (Å²) < 4.78 is 19.4. The Kier molecular flexibility index (Phi) is 5.84. The number of aromatic nitrogens is 2. The largest absolute Gasteiger partial charge is 0.491 e. The Morgan fingerprint density at radius 3 is 2.46 bits per heavy atom. The molecule has 6 nitrogen and oxygen atoms in total. The van der Waals surface area contributed by atoms with E-state index in [-0.39, 0.29) is 23.4 Å². The van der Waals surface area contributed by atoms with E-state index in [4.69, 9.17) is 4.74 Å². The van der Waals surface area contributed by atoms with Gasteiger partial charge >= 0.3 is 0 Å². The van der Waals surface area contributed by atoms with Crippen molar-refractivity contribution in [3.63, 3.8) is 0 Å². The van der Waals surface area contributed by atoms with Gasteiger partial charge in [0.05, 0.1) is 11.8 Å². The van der Waals surface area contributed by atoms with Gasteiger partial charge in [-0.1, -0.05) is 12.1 Å². The Labute approximate surface area is 162 Å². The molecule has 3 aromatic rings. The number of hydrogen-bond acceptors (Lipinski definition) is 5. The summed E-state index contributed by atoms with van der Waals surface area (Å²) in [6, 6.07) is 14.8. The highest BCUT2D eigenvalue weighted by Gasteiger charge is 2.12. The van der Waals surface area contributed by atoms with Gasteiger partial charge < -0.3 is 15.4 Å². The highest BCUT2D eigenvalue weighted by atomic mass is 19.1.